The molecule has 0 spiro atoms. The molecule has 1 atom stereocenters. The minimum absolute atomic E-state index is 0. The van der Waals surface area contributed by atoms with Crippen molar-refractivity contribution in [1.82, 2.24) is 5.32 Å². The van der Waals surface area contributed by atoms with Crippen LogP contribution in [0.2, 0.25) is 0 Å². The fourth-order valence-electron chi connectivity index (χ4n) is 2.98. The average Bonchev–Trinajstić information content (AvgIpc) is 3.10. The molecule has 0 radical (unpaired) electrons. The van der Waals surface area contributed by atoms with Crippen molar-refractivity contribution in [2.75, 3.05) is 37.0 Å². The van der Waals surface area contributed by atoms with Crippen molar-refractivity contribution in [3.63, 3.8) is 0 Å². The Hall–Kier alpha value is -2.35. The van der Waals surface area contributed by atoms with Gasteiger partial charge in [0.05, 0.1) is 24.3 Å². The van der Waals surface area contributed by atoms with E-state index in [0.29, 0.717) is 0 Å². The second kappa shape index (κ2) is 10.5. The molecule has 12 heteroatoms. The zero-order chi connectivity index (χ0) is 23.6. The quantitative estimate of drug-likeness (QED) is 0.458. The summed E-state index contributed by atoms with van der Waals surface area (Å²) < 4.78 is 34.5. The van der Waals surface area contributed by atoms with Gasteiger partial charge in [-0.25, -0.2) is 4.79 Å². The van der Waals surface area contributed by atoms with Crippen LogP contribution in [0.15, 0.2) is 23.4 Å². The number of hydrogen-bond donors (Lipinski definition) is 1. The summed E-state index contributed by atoms with van der Waals surface area (Å²) in [5, 5.41) is 16.1. The van der Waals surface area contributed by atoms with Crippen molar-refractivity contribution >= 4 is 29.2 Å². The van der Waals surface area contributed by atoms with Crippen molar-refractivity contribution in [1.29, 1.82) is 0 Å². The van der Waals surface area contributed by atoms with Gasteiger partial charge >= 0.3 is 30.9 Å². The number of amides is 2. The molecule has 0 aromatic heterocycles. The van der Waals surface area contributed by atoms with Gasteiger partial charge < -0.3 is 24.9 Å². The molecule has 172 valence electrons. The van der Waals surface area contributed by atoms with E-state index in [1.54, 1.807) is 26.8 Å². The van der Waals surface area contributed by atoms with Crippen LogP contribution in [0.25, 0.3) is 0 Å². The first-order valence-electron chi connectivity index (χ1n) is 9.56. The second-order valence-electron chi connectivity index (χ2n) is 8.10. The molecule has 9 nitrogen and oxygen atoms in total. The van der Waals surface area contributed by atoms with Crippen molar-refractivity contribution in [2.45, 2.75) is 45.3 Å². The standard InChI is InChI=1S/C16H18F2N4O4.C4H9O.Li/c1-9(23)19-7-11-8-22(15(24)26-11)10-4-5-13-12(6-10)16(17,18)14(20-25-3)21(13)2;1-4(2,3)5;/h4-6,11H,7-8H2,1-3H3,(H,19,23);1-3H3;/q;-1;+1/t11-;;/m1../s1. The third-order valence-electron chi connectivity index (χ3n) is 4.22. The van der Waals surface area contributed by atoms with Gasteiger partial charge in [-0.2, -0.15) is 8.78 Å². The molecule has 1 fully saturated rings. The van der Waals surface area contributed by atoms with Crippen LogP contribution in [0.1, 0.15) is 33.3 Å². The Kier molecular flexibility index (Phi) is 9.09. The number of ether oxygens (including phenoxy) is 1. The van der Waals surface area contributed by atoms with Crippen LogP contribution in [0.3, 0.4) is 0 Å². The fraction of sp³-hybridized carbons (Fsp3) is 0.550. The van der Waals surface area contributed by atoms with E-state index in [4.69, 9.17) is 4.74 Å². The smallest absolute Gasteiger partial charge is 0.850 e. The summed E-state index contributed by atoms with van der Waals surface area (Å²) in [4.78, 5) is 30.1. The fourth-order valence-corrected chi connectivity index (χ4v) is 2.98. The molecule has 0 saturated carbocycles. The van der Waals surface area contributed by atoms with Crippen molar-refractivity contribution in [3.05, 3.63) is 23.8 Å². The molecule has 1 saturated heterocycles. The Balaban J connectivity index is 0.000000770. The van der Waals surface area contributed by atoms with Crippen LogP contribution in [-0.4, -0.2) is 56.8 Å². The van der Waals surface area contributed by atoms with Gasteiger partial charge in [0.15, 0.2) is 0 Å². The van der Waals surface area contributed by atoms with E-state index in [9.17, 15) is 23.5 Å². The van der Waals surface area contributed by atoms with Crippen LogP contribution < -0.4 is 39.1 Å². The van der Waals surface area contributed by atoms with Gasteiger partial charge in [0.25, 0.3) is 0 Å². The number of carbonyl (C=O) groups excluding carboxylic acids is 2. The molecule has 1 N–H and O–H groups in total. The predicted molar refractivity (Wildman–Crippen MR) is 109 cm³/mol. The summed E-state index contributed by atoms with van der Waals surface area (Å²) in [6, 6.07) is 4.29. The Labute approximate surface area is 197 Å². The Morgan fingerprint density at radius 2 is 2.00 bits per heavy atom. The number of fused-ring (bicyclic) bond motifs is 1. The largest absolute Gasteiger partial charge is 1.00 e. The van der Waals surface area contributed by atoms with Gasteiger partial charge in [-0.1, -0.05) is 25.9 Å². The molecule has 1 aromatic carbocycles. The van der Waals surface area contributed by atoms with Crippen molar-refractivity contribution in [3.8, 4) is 0 Å². The van der Waals surface area contributed by atoms with Crippen molar-refractivity contribution < 1.29 is 51.9 Å². The van der Waals surface area contributed by atoms with Gasteiger partial charge in [0.2, 0.25) is 11.7 Å². The summed E-state index contributed by atoms with van der Waals surface area (Å²) in [5.74, 6) is -4.13. The topological polar surface area (TPSA) is 107 Å². The molecular weight excluding hydrogens is 421 g/mol. The number of nitrogens with zero attached hydrogens (tertiary/aromatic N) is 3. The summed E-state index contributed by atoms with van der Waals surface area (Å²) in [6.07, 6.45) is -1.20. The second-order valence-corrected chi connectivity index (χ2v) is 8.10. The number of nitrogens with one attached hydrogen (secondary N) is 1. The van der Waals surface area contributed by atoms with Crippen LogP contribution >= 0.6 is 0 Å². The number of anilines is 2. The zero-order valence-corrected chi connectivity index (χ0v) is 19.4. The van der Waals surface area contributed by atoms with Gasteiger partial charge in [-0.15, -0.1) is 5.60 Å². The Morgan fingerprint density at radius 3 is 2.53 bits per heavy atom. The number of amidine groups is 1. The van der Waals surface area contributed by atoms with E-state index < -0.39 is 29.6 Å². The monoisotopic (exact) mass is 448 g/mol. The van der Waals surface area contributed by atoms with E-state index in [2.05, 4.69) is 15.3 Å². The number of hydrogen-bond acceptors (Lipinski definition) is 6. The Morgan fingerprint density at radius 1 is 1.41 bits per heavy atom. The van der Waals surface area contributed by atoms with Gasteiger partial charge in [-0.05, 0) is 18.2 Å². The summed E-state index contributed by atoms with van der Waals surface area (Å²) in [6.45, 7) is 6.56. The SMILES string of the molecule is CC(C)(C)[O-].CON=C1N(C)c2ccc(N3C[C@@H](CNC(C)=O)OC3=O)cc2C1(F)F.[Li+]. The summed E-state index contributed by atoms with van der Waals surface area (Å²) >= 11 is 0. The number of rotatable bonds is 4. The molecular formula is C20H27F2LiN4O5. The minimum Gasteiger partial charge on any atom is -0.850 e. The van der Waals surface area contributed by atoms with Crippen LogP contribution in [0, 0.1) is 0 Å². The van der Waals surface area contributed by atoms with Crippen LogP contribution in [0.5, 0.6) is 0 Å². The number of oxime groups is 1. The molecule has 0 unspecified atom stereocenters. The molecule has 1 aromatic rings. The van der Waals surface area contributed by atoms with Gasteiger partial charge in [-0.3, -0.25) is 9.69 Å². The maximum Gasteiger partial charge on any atom is 1.00 e. The Bertz CT molecular complexity index is 870. The molecule has 3 rings (SSSR count). The summed E-state index contributed by atoms with van der Waals surface area (Å²) in [5.41, 5.74) is -0.464. The first kappa shape index (κ1) is 27.7. The van der Waals surface area contributed by atoms with E-state index in [1.807, 2.05) is 0 Å². The molecule has 2 aliphatic heterocycles. The third-order valence-corrected chi connectivity index (χ3v) is 4.22. The van der Waals surface area contributed by atoms with Gasteiger partial charge in [0.1, 0.15) is 13.2 Å². The molecule has 32 heavy (non-hydrogen) atoms. The van der Waals surface area contributed by atoms with Crippen LogP contribution in [0.4, 0.5) is 25.0 Å². The minimum atomic E-state index is -3.35. The third kappa shape index (κ3) is 6.57. The number of benzene rings is 1. The maximum atomic E-state index is 14.7. The zero-order valence-electron chi connectivity index (χ0n) is 19.4. The van der Waals surface area contributed by atoms with E-state index in [0.717, 1.165) is 0 Å². The van der Waals surface area contributed by atoms with E-state index in [-0.39, 0.29) is 54.8 Å². The first-order valence-corrected chi connectivity index (χ1v) is 9.56. The number of alkyl halides is 2. The van der Waals surface area contributed by atoms with E-state index >= 15 is 0 Å². The number of cyclic esters (lactones) is 1. The normalized spacial score (nSPS) is 20.1. The summed E-state index contributed by atoms with van der Waals surface area (Å²) in [7, 11) is 2.66. The molecule has 0 aliphatic carbocycles. The molecule has 2 aliphatic rings. The molecule has 2 heterocycles. The first-order chi connectivity index (χ1) is 14.3. The van der Waals surface area contributed by atoms with Crippen molar-refractivity contribution in [2.24, 2.45) is 5.16 Å². The maximum absolute atomic E-state index is 14.7. The van der Waals surface area contributed by atoms with E-state index in [1.165, 1.54) is 43.0 Å². The number of likely N-dealkylation sites (N-methyl/N-ethyl adjacent to an activating group) is 1. The average molecular weight is 448 g/mol. The molecule has 0 bridgehead atoms. The van der Waals surface area contributed by atoms with Gasteiger partial charge in [0, 0.05) is 19.7 Å². The van der Waals surface area contributed by atoms with Crippen LogP contribution in [-0.2, 0) is 20.3 Å². The predicted octanol–water partition coefficient (Wildman–Crippen LogP) is -1.20. The number of halogens is 2. The number of carbonyl (C=O) groups is 2. The molecule has 2 amide bonds.